The normalized spacial score (nSPS) is 17.5. The van der Waals surface area contributed by atoms with Crippen LogP contribution in [-0.2, 0) is 0 Å². The maximum atomic E-state index is 14.8. The number of hydrogen-bond donors (Lipinski definition) is 0. The summed E-state index contributed by atoms with van der Waals surface area (Å²) >= 11 is 0. The molecule has 194 valence electrons. The first kappa shape index (κ1) is 27.6. The highest BCUT2D eigenvalue weighted by molar-refractivity contribution is 5.71. The Kier molecular flexibility index (Phi) is 9.80. The van der Waals surface area contributed by atoms with Gasteiger partial charge in [0.1, 0.15) is 11.5 Å². The van der Waals surface area contributed by atoms with E-state index in [0.29, 0.717) is 17.0 Å². The van der Waals surface area contributed by atoms with Crippen LogP contribution in [0.15, 0.2) is 60.7 Å². The first-order valence-electron chi connectivity index (χ1n) is 12.3. The van der Waals surface area contributed by atoms with E-state index in [2.05, 4.69) is 23.8 Å². The Labute approximate surface area is 211 Å². The molecule has 1 saturated carbocycles. The quantitative estimate of drug-likeness (QED) is 0.271. The number of ether oxygens (including phenoxy) is 2. The largest absolute Gasteiger partial charge is 0.454 e. The molecule has 0 radical (unpaired) electrons. The third-order valence-electron chi connectivity index (χ3n) is 6.82. The second-order valence-corrected chi connectivity index (χ2v) is 9.17. The Hall–Kier alpha value is -3.02. The minimum atomic E-state index is -2.95. The standard InChI is InChI=1S/C29H30F4O2.CH4/c1-2-3-4-19-5-7-20(8-6-19)21-9-11-22(12-10-21)25-17-18-26(30)27(31)28(25)34-23-13-15-24(16-14-23)35-29(32)33;/h9-20,29H,2-8H2,1H3;1H4. The molecule has 1 aliphatic rings. The van der Waals surface area contributed by atoms with Crippen LogP contribution in [0.5, 0.6) is 17.2 Å². The molecule has 0 atom stereocenters. The van der Waals surface area contributed by atoms with E-state index >= 15 is 0 Å². The Bertz CT molecular complexity index is 1090. The lowest BCUT2D eigenvalue weighted by molar-refractivity contribution is -0.0498. The van der Waals surface area contributed by atoms with Crippen LogP contribution in [0.2, 0.25) is 0 Å². The van der Waals surface area contributed by atoms with E-state index in [1.54, 1.807) is 0 Å². The van der Waals surface area contributed by atoms with E-state index in [-0.39, 0.29) is 24.7 Å². The van der Waals surface area contributed by atoms with Gasteiger partial charge in [-0.25, -0.2) is 4.39 Å². The van der Waals surface area contributed by atoms with Crippen molar-refractivity contribution in [2.75, 3.05) is 0 Å². The second kappa shape index (κ2) is 12.8. The fourth-order valence-corrected chi connectivity index (χ4v) is 4.88. The zero-order chi connectivity index (χ0) is 24.8. The predicted molar refractivity (Wildman–Crippen MR) is 136 cm³/mol. The summed E-state index contributed by atoms with van der Waals surface area (Å²) in [4.78, 5) is 0. The van der Waals surface area contributed by atoms with E-state index in [1.165, 1.54) is 80.8 Å². The molecule has 1 aliphatic carbocycles. The molecule has 4 rings (SSSR count). The molecule has 0 aromatic heterocycles. The second-order valence-electron chi connectivity index (χ2n) is 9.17. The Morgan fingerprint density at radius 3 is 2.08 bits per heavy atom. The Morgan fingerprint density at radius 1 is 0.833 bits per heavy atom. The van der Waals surface area contributed by atoms with Gasteiger partial charge in [-0.2, -0.15) is 13.2 Å². The topological polar surface area (TPSA) is 18.5 Å². The Balaban J connectivity index is 0.00000361. The third kappa shape index (κ3) is 6.80. The van der Waals surface area contributed by atoms with E-state index in [4.69, 9.17) is 4.74 Å². The smallest absolute Gasteiger partial charge is 0.387 e. The monoisotopic (exact) mass is 502 g/mol. The van der Waals surface area contributed by atoms with Gasteiger partial charge in [-0.3, -0.25) is 0 Å². The molecule has 6 heteroatoms. The van der Waals surface area contributed by atoms with Crippen LogP contribution >= 0.6 is 0 Å². The minimum Gasteiger partial charge on any atom is -0.454 e. The van der Waals surface area contributed by atoms with Crippen molar-refractivity contribution in [3.05, 3.63) is 77.9 Å². The average molecular weight is 503 g/mol. The van der Waals surface area contributed by atoms with Crippen LogP contribution in [0.3, 0.4) is 0 Å². The van der Waals surface area contributed by atoms with Crippen LogP contribution in [0.25, 0.3) is 11.1 Å². The number of alkyl halides is 2. The number of benzene rings is 3. The van der Waals surface area contributed by atoms with Crippen LogP contribution in [0, 0.1) is 17.6 Å². The van der Waals surface area contributed by atoms with Crippen molar-refractivity contribution in [2.24, 2.45) is 5.92 Å². The molecule has 0 N–H and O–H groups in total. The van der Waals surface area contributed by atoms with E-state index in [0.717, 1.165) is 12.0 Å². The highest BCUT2D eigenvalue weighted by Gasteiger charge is 2.23. The van der Waals surface area contributed by atoms with Gasteiger partial charge in [0.05, 0.1) is 0 Å². The molecule has 0 spiro atoms. The molecular formula is C30H34F4O2. The lowest BCUT2D eigenvalue weighted by Crippen LogP contribution is -2.13. The predicted octanol–water partition coefficient (Wildman–Crippen LogP) is 10.1. The van der Waals surface area contributed by atoms with Crippen LogP contribution in [0.4, 0.5) is 17.6 Å². The summed E-state index contributed by atoms with van der Waals surface area (Å²) < 4.78 is 63.5. The molecule has 36 heavy (non-hydrogen) atoms. The highest BCUT2D eigenvalue weighted by Crippen LogP contribution is 2.40. The van der Waals surface area contributed by atoms with Gasteiger partial charge in [-0.15, -0.1) is 0 Å². The van der Waals surface area contributed by atoms with Crippen LogP contribution < -0.4 is 9.47 Å². The van der Waals surface area contributed by atoms with Gasteiger partial charge in [0.25, 0.3) is 0 Å². The maximum Gasteiger partial charge on any atom is 0.387 e. The van der Waals surface area contributed by atoms with Gasteiger partial charge < -0.3 is 9.47 Å². The molecule has 0 unspecified atom stereocenters. The van der Waals surface area contributed by atoms with Crippen molar-refractivity contribution in [3.63, 3.8) is 0 Å². The molecule has 2 nitrogen and oxygen atoms in total. The SMILES string of the molecule is C.CCCCC1CCC(c2ccc(-c3ccc(F)c(F)c3Oc3ccc(OC(F)F)cc3)cc2)CC1. The first-order valence-corrected chi connectivity index (χ1v) is 12.3. The van der Waals surface area contributed by atoms with Gasteiger partial charge >= 0.3 is 6.61 Å². The van der Waals surface area contributed by atoms with E-state index < -0.39 is 18.2 Å². The molecule has 1 fully saturated rings. The third-order valence-corrected chi connectivity index (χ3v) is 6.82. The lowest BCUT2D eigenvalue weighted by Gasteiger charge is -2.29. The van der Waals surface area contributed by atoms with Crippen molar-refractivity contribution in [3.8, 4) is 28.4 Å². The van der Waals surface area contributed by atoms with Crippen molar-refractivity contribution < 1.29 is 27.0 Å². The van der Waals surface area contributed by atoms with Crippen molar-refractivity contribution >= 4 is 0 Å². The summed E-state index contributed by atoms with van der Waals surface area (Å²) in [5, 5.41) is 0. The molecule has 0 heterocycles. The molecule has 0 saturated heterocycles. The maximum absolute atomic E-state index is 14.8. The highest BCUT2D eigenvalue weighted by atomic mass is 19.3. The summed E-state index contributed by atoms with van der Waals surface area (Å²) in [7, 11) is 0. The van der Waals surface area contributed by atoms with Crippen LogP contribution in [-0.4, -0.2) is 6.61 Å². The van der Waals surface area contributed by atoms with Crippen molar-refractivity contribution in [2.45, 2.75) is 71.8 Å². The number of rotatable bonds is 9. The minimum absolute atomic E-state index is 0. The van der Waals surface area contributed by atoms with Gasteiger partial charge in [0.2, 0.25) is 5.82 Å². The zero-order valence-electron chi connectivity index (χ0n) is 19.8. The van der Waals surface area contributed by atoms with E-state index in [9.17, 15) is 17.6 Å². The summed E-state index contributed by atoms with van der Waals surface area (Å²) in [6.07, 6.45) is 8.75. The van der Waals surface area contributed by atoms with Gasteiger partial charge in [0, 0.05) is 5.56 Å². The molecule has 0 aliphatic heterocycles. The summed E-state index contributed by atoms with van der Waals surface area (Å²) in [6.45, 7) is -0.717. The zero-order valence-corrected chi connectivity index (χ0v) is 19.8. The number of hydrogen-bond acceptors (Lipinski definition) is 2. The summed E-state index contributed by atoms with van der Waals surface area (Å²) in [5.41, 5.74) is 2.38. The summed E-state index contributed by atoms with van der Waals surface area (Å²) in [5.74, 6) is -0.907. The van der Waals surface area contributed by atoms with Crippen molar-refractivity contribution in [1.82, 2.24) is 0 Å². The van der Waals surface area contributed by atoms with Gasteiger partial charge in [0.15, 0.2) is 11.6 Å². The van der Waals surface area contributed by atoms with Crippen LogP contribution in [0.1, 0.15) is 70.8 Å². The van der Waals surface area contributed by atoms with E-state index in [1.807, 2.05) is 12.1 Å². The number of halogens is 4. The summed E-state index contributed by atoms with van der Waals surface area (Å²) in [6, 6.07) is 15.8. The number of unbranched alkanes of at least 4 members (excludes halogenated alkanes) is 1. The first-order chi connectivity index (χ1) is 16.9. The average Bonchev–Trinajstić information content (AvgIpc) is 2.87. The van der Waals surface area contributed by atoms with Crippen molar-refractivity contribution in [1.29, 1.82) is 0 Å². The Morgan fingerprint density at radius 2 is 1.47 bits per heavy atom. The molecule has 0 amide bonds. The molecule has 3 aromatic carbocycles. The fourth-order valence-electron chi connectivity index (χ4n) is 4.88. The lowest BCUT2D eigenvalue weighted by atomic mass is 9.77. The molecule has 3 aromatic rings. The molecule has 0 bridgehead atoms. The molecular weight excluding hydrogens is 468 g/mol. The van der Waals surface area contributed by atoms with Gasteiger partial charge in [-0.1, -0.05) is 57.9 Å². The van der Waals surface area contributed by atoms with Gasteiger partial charge in [-0.05, 0) is 85.0 Å². The fraction of sp³-hybridized carbons (Fsp3) is 0.400.